The van der Waals surface area contributed by atoms with Crippen molar-refractivity contribution in [2.24, 2.45) is 10.9 Å². The zero-order chi connectivity index (χ0) is 16.1. The van der Waals surface area contributed by atoms with Gasteiger partial charge in [0.15, 0.2) is 6.61 Å². The van der Waals surface area contributed by atoms with E-state index in [0.29, 0.717) is 11.7 Å². The zero-order valence-electron chi connectivity index (χ0n) is 12.6. The number of carbonyl (C=O) groups is 1. The summed E-state index contributed by atoms with van der Waals surface area (Å²) in [5.74, 6) is 0.145. The molecule has 0 aromatic heterocycles. The van der Waals surface area contributed by atoms with Gasteiger partial charge < -0.3 is 14.7 Å². The Morgan fingerprint density at radius 1 is 1.52 bits per heavy atom. The Morgan fingerprint density at radius 3 is 3.22 bits per heavy atom. The summed E-state index contributed by atoms with van der Waals surface area (Å²) in [4.78, 5) is 19.8. The van der Waals surface area contributed by atoms with E-state index in [1.807, 2.05) is 18.2 Å². The topological polar surface area (TPSA) is 80.2 Å². The molecule has 0 fully saturated rings. The van der Waals surface area contributed by atoms with Gasteiger partial charge in [-0.1, -0.05) is 18.2 Å². The first-order valence-electron chi connectivity index (χ1n) is 7.50. The molecule has 1 aromatic rings. The van der Waals surface area contributed by atoms with E-state index >= 15 is 0 Å². The number of aliphatic imine (C=N–C) groups is 1. The molecular weight excluding hydrogens is 296 g/mol. The lowest BCUT2D eigenvalue weighted by Gasteiger charge is -2.24. The molecule has 6 nitrogen and oxygen atoms in total. The number of ether oxygens (including phenoxy) is 1. The first-order valence-corrected chi connectivity index (χ1v) is 7.50. The van der Waals surface area contributed by atoms with Gasteiger partial charge in [0.2, 0.25) is 0 Å². The number of carboxylic acids is 1. The molecule has 1 atom stereocenters. The second-order valence-electron chi connectivity index (χ2n) is 5.47. The number of fused-ring (bicyclic) bond motifs is 1. The third-order valence-corrected chi connectivity index (χ3v) is 3.88. The number of allylic oxidation sites excluding steroid dienone is 2. The molecule has 0 amide bonds. The quantitative estimate of drug-likeness (QED) is 0.871. The highest BCUT2D eigenvalue weighted by molar-refractivity contribution is 5.68. The second-order valence-corrected chi connectivity index (χ2v) is 5.47. The molecule has 3 rings (SSSR count). The van der Waals surface area contributed by atoms with E-state index in [2.05, 4.69) is 22.6 Å². The van der Waals surface area contributed by atoms with Crippen molar-refractivity contribution in [3.8, 4) is 5.75 Å². The number of hydrogen-bond donors (Lipinski definition) is 2. The number of rotatable bonds is 5. The summed E-state index contributed by atoms with van der Waals surface area (Å²) >= 11 is 0. The van der Waals surface area contributed by atoms with Gasteiger partial charge in [-0.05, 0) is 48.4 Å². The third-order valence-electron chi connectivity index (χ3n) is 3.88. The lowest BCUT2D eigenvalue weighted by Crippen LogP contribution is -2.16. The van der Waals surface area contributed by atoms with E-state index in [-0.39, 0.29) is 6.61 Å². The Bertz CT molecular complexity index is 679. The van der Waals surface area contributed by atoms with Crippen molar-refractivity contribution < 1.29 is 19.5 Å². The molecule has 0 radical (unpaired) electrons. The summed E-state index contributed by atoms with van der Waals surface area (Å²) in [5, 5.41) is 8.75. The molecule has 120 valence electrons. The number of nitrogens with zero attached hydrogens (tertiary/aromatic N) is 1. The van der Waals surface area contributed by atoms with Crippen LogP contribution in [0.4, 0.5) is 0 Å². The molecule has 6 heteroatoms. The van der Waals surface area contributed by atoms with Crippen molar-refractivity contribution in [1.29, 1.82) is 0 Å². The van der Waals surface area contributed by atoms with Crippen LogP contribution in [-0.4, -0.2) is 24.0 Å². The molecule has 1 heterocycles. The molecule has 1 unspecified atom stereocenters. The smallest absolute Gasteiger partial charge is 0.341 e. The van der Waals surface area contributed by atoms with Crippen LogP contribution < -0.4 is 10.2 Å². The van der Waals surface area contributed by atoms with Crippen LogP contribution in [-0.2, 0) is 22.5 Å². The number of benzene rings is 1. The Hall–Kier alpha value is -2.76. The second kappa shape index (κ2) is 7.00. The highest BCUT2D eigenvalue weighted by Crippen LogP contribution is 2.33. The standard InChI is InChI=1S/C17H18N2O4/c20-17(21)10-22-16-3-1-2-13-8-12(5-7-15(13)16)4-6-14-9-23-19-11-18-14/h1-4,6,9,11-12H,5,7-8,10H2,(H,18,19)(H,20,21). The lowest BCUT2D eigenvalue weighted by molar-refractivity contribution is -0.139. The van der Waals surface area contributed by atoms with Crippen molar-refractivity contribution in [2.75, 3.05) is 6.61 Å². The van der Waals surface area contributed by atoms with E-state index < -0.39 is 5.97 Å². The van der Waals surface area contributed by atoms with E-state index in [1.54, 1.807) is 6.26 Å². The zero-order valence-corrected chi connectivity index (χ0v) is 12.6. The fourth-order valence-electron chi connectivity index (χ4n) is 2.81. The minimum Gasteiger partial charge on any atom is -0.482 e. The van der Waals surface area contributed by atoms with Gasteiger partial charge in [-0.2, -0.15) is 0 Å². The molecule has 1 aliphatic carbocycles. The minimum absolute atomic E-state index is 0.306. The summed E-state index contributed by atoms with van der Waals surface area (Å²) in [5.41, 5.74) is 5.65. The molecule has 0 saturated carbocycles. The van der Waals surface area contributed by atoms with Crippen molar-refractivity contribution >= 4 is 12.3 Å². The van der Waals surface area contributed by atoms with Crippen LogP contribution in [0.25, 0.3) is 0 Å². The average Bonchev–Trinajstić information content (AvgIpc) is 2.58. The maximum atomic E-state index is 10.7. The SMILES string of the molecule is O=C(O)COc1cccc2c1CCC(C=CC1=CONC=N1)C2. The molecule has 0 bridgehead atoms. The Balaban J connectivity index is 1.67. The fraction of sp³-hybridized carbons (Fsp3) is 0.294. The number of nitrogens with one attached hydrogen (secondary N) is 1. The molecule has 0 saturated heterocycles. The van der Waals surface area contributed by atoms with Gasteiger partial charge in [0.05, 0.1) is 0 Å². The van der Waals surface area contributed by atoms with Crippen LogP contribution in [0.15, 0.2) is 47.3 Å². The normalized spacial score (nSPS) is 19.5. The van der Waals surface area contributed by atoms with Gasteiger partial charge in [0.1, 0.15) is 24.0 Å². The van der Waals surface area contributed by atoms with E-state index in [1.165, 1.54) is 11.9 Å². The van der Waals surface area contributed by atoms with Crippen molar-refractivity contribution in [2.45, 2.75) is 19.3 Å². The van der Waals surface area contributed by atoms with Crippen LogP contribution in [0.1, 0.15) is 17.5 Å². The maximum absolute atomic E-state index is 10.7. The van der Waals surface area contributed by atoms with Crippen molar-refractivity contribution in [1.82, 2.24) is 5.48 Å². The monoisotopic (exact) mass is 314 g/mol. The van der Waals surface area contributed by atoms with Crippen molar-refractivity contribution in [3.05, 3.63) is 53.4 Å². The van der Waals surface area contributed by atoms with Crippen LogP contribution in [0, 0.1) is 5.92 Å². The Morgan fingerprint density at radius 2 is 2.43 bits per heavy atom. The number of hydroxylamine groups is 1. The van der Waals surface area contributed by atoms with Gasteiger partial charge in [-0.15, -0.1) is 0 Å². The third kappa shape index (κ3) is 3.91. The van der Waals surface area contributed by atoms with Gasteiger partial charge in [0, 0.05) is 0 Å². The summed E-state index contributed by atoms with van der Waals surface area (Å²) in [7, 11) is 0. The van der Waals surface area contributed by atoms with Gasteiger partial charge in [-0.3, -0.25) is 0 Å². The average molecular weight is 314 g/mol. The molecule has 1 aliphatic heterocycles. The predicted molar refractivity (Wildman–Crippen MR) is 85.0 cm³/mol. The fourth-order valence-corrected chi connectivity index (χ4v) is 2.81. The predicted octanol–water partition coefficient (Wildman–Crippen LogP) is 2.22. The van der Waals surface area contributed by atoms with Crippen LogP contribution in [0.3, 0.4) is 0 Å². The van der Waals surface area contributed by atoms with Crippen LogP contribution in [0.5, 0.6) is 5.75 Å². The number of aliphatic carboxylic acids is 1. The van der Waals surface area contributed by atoms with E-state index in [0.717, 1.165) is 30.5 Å². The first-order chi connectivity index (χ1) is 11.2. The first kappa shape index (κ1) is 15.1. The number of carboxylic acid groups (broad SMARTS) is 1. The van der Waals surface area contributed by atoms with E-state index in [4.69, 9.17) is 14.7 Å². The molecule has 2 N–H and O–H groups in total. The molecule has 1 aromatic carbocycles. The molecular formula is C17H18N2O4. The highest BCUT2D eigenvalue weighted by atomic mass is 16.6. The number of hydrogen-bond acceptors (Lipinski definition) is 5. The van der Waals surface area contributed by atoms with E-state index in [9.17, 15) is 4.79 Å². The van der Waals surface area contributed by atoms with Gasteiger partial charge in [-0.25, -0.2) is 15.3 Å². The summed E-state index contributed by atoms with van der Waals surface area (Å²) < 4.78 is 5.39. The Labute approximate surface area is 134 Å². The Kier molecular flexibility index (Phi) is 4.61. The van der Waals surface area contributed by atoms with Crippen molar-refractivity contribution in [3.63, 3.8) is 0 Å². The largest absolute Gasteiger partial charge is 0.482 e. The lowest BCUT2D eigenvalue weighted by atomic mass is 9.83. The molecule has 0 spiro atoms. The minimum atomic E-state index is -0.961. The molecule has 2 aliphatic rings. The van der Waals surface area contributed by atoms with Crippen LogP contribution >= 0.6 is 0 Å². The summed E-state index contributed by atoms with van der Waals surface area (Å²) in [6.45, 7) is -0.306. The maximum Gasteiger partial charge on any atom is 0.341 e. The summed E-state index contributed by atoms with van der Waals surface area (Å²) in [6.07, 6.45) is 9.94. The van der Waals surface area contributed by atoms with Gasteiger partial charge >= 0.3 is 5.97 Å². The van der Waals surface area contributed by atoms with Crippen LogP contribution in [0.2, 0.25) is 0 Å². The highest BCUT2D eigenvalue weighted by Gasteiger charge is 2.20. The summed E-state index contributed by atoms with van der Waals surface area (Å²) in [6, 6.07) is 5.83. The van der Waals surface area contributed by atoms with Gasteiger partial charge in [0.25, 0.3) is 0 Å². The molecule has 23 heavy (non-hydrogen) atoms.